The second-order valence-corrected chi connectivity index (χ2v) is 16.3. The summed E-state index contributed by atoms with van der Waals surface area (Å²) in [6, 6.07) is 5.70. The number of nitrogens with one attached hydrogen (secondary N) is 2. The van der Waals surface area contributed by atoms with Crippen molar-refractivity contribution >= 4 is 35.8 Å². The molecule has 1 aromatic rings. The molecule has 8 heteroatoms. The largest absolute Gasteiger partial charge is 0.413 e. The summed E-state index contributed by atoms with van der Waals surface area (Å²) in [4.78, 5) is 17.6. The molecule has 0 aromatic heterocycles. The monoisotopic (exact) mass is 537 g/mol. The van der Waals surface area contributed by atoms with Crippen molar-refractivity contribution in [3.63, 3.8) is 0 Å². The van der Waals surface area contributed by atoms with Crippen molar-refractivity contribution in [1.82, 2.24) is 15.1 Å². The smallest absolute Gasteiger partial charge is 0.267 e. The Morgan fingerprint density at radius 3 is 2.76 bits per heavy atom. The summed E-state index contributed by atoms with van der Waals surface area (Å²) in [5.74, 6) is -0.369. The van der Waals surface area contributed by atoms with E-state index in [9.17, 15) is 4.79 Å². The molecule has 1 aromatic carbocycles. The molecule has 33 heavy (non-hydrogen) atoms. The summed E-state index contributed by atoms with van der Waals surface area (Å²) in [6.07, 6.45) is -0.615. The normalized spacial score (nSPS) is 23.2. The molecule has 1 amide bonds. The molecule has 3 rings (SSSR count). The van der Waals surface area contributed by atoms with Crippen molar-refractivity contribution in [2.24, 2.45) is 0 Å². The van der Waals surface area contributed by atoms with Gasteiger partial charge >= 0.3 is 0 Å². The van der Waals surface area contributed by atoms with Gasteiger partial charge in [-0.3, -0.25) is 9.69 Å². The highest BCUT2D eigenvalue weighted by atomic mass is 79.9. The molecule has 2 N–H and O–H groups in total. The van der Waals surface area contributed by atoms with Gasteiger partial charge < -0.3 is 20.0 Å². The zero-order valence-corrected chi connectivity index (χ0v) is 24.0. The summed E-state index contributed by atoms with van der Waals surface area (Å²) in [6.45, 7) is 20.5. The van der Waals surface area contributed by atoms with E-state index in [2.05, 4.69) is 72.3 Å². The lowest BCUT2D eigenvalue weighted by molar-refractivity contribution is -0.120. The van der Waals surface area contributed by atoms with E-state index in [1.165, 1.54) is 0 Å². The van der Waals surface area contributed by atoms with Gasteiger partial charge in [-0.1, -0.05) is 42.8 Å². The van der Waals surface area contributed by atoms with Crippen LogP contribution in [0.4, 0.5) is 5.69 Å². The van der Waals surface area contributed by atoms with E-state index in [4.69, 9.17) is 5.80 Å². The molecule has 2 atom stereocenters. The van der Waals surface area contributed by atoms with Crippen LogP contribution < -0.4 is 10.6 Å². The molecule has 0 aliphatic carbocycles. The number of hydrogen-bond acceptors (Lipinski definition) is 5. The molecule has 2 unspecified atom stereocenters. The summed E-state index contributed by atoms with van der Waals surface area (Å²) in [7, 11) is -1.83. The van der Waals surface area contributed by atoms with Gasteiger partial charge in [0.1, 0.15) is 0 Å². The second kappa shape index (κ2) is 10.1. The lowest BCUT2D eigenvalue weighted by Gasteiger charge is -2.40. The average Bonchev–Trinajstić information content (AvgIpc) is 3.01. The first kappa shape index (κ1) is 24.8. The van der Waals surface area contributed by atoms with Crippen LogP contribution in [0.2, 0.25) is 18.1 Å². The van der Waals surface area contributed by atoms with Gasteiger partial charge in [0.15, 0.2) is 14.5 Å². The number of carbonyl (C=O) groups is 1. The van der Waals surface area contributed by atoms with E-state index in [0.717, 1.165) is 40.9 Å². The fourth-order valence-electron chi connectivity index (χ4n) is 4.25. The highest BCUT2D eigenvalue weighted by Gasteiger charge is 2.40. The molecule has 0 saturated carbocycles. The molecular formula is C25H41BrN4O2Si. The number of amides is 1. The molecular weight excluding hydrogens is 496 g/mol. The van der Waals surface area contributed by atoms with Gasteiger partial charge in [-0.05, 0) is 56.6 Å². The Labute approximate surface area is 210 Å². The van der Waals surface area contributed by atoms with E-state index in [0.29, 0.717) is 18.8 Å². The minimum absolute atomic E-state index is 0.135. The standard InChI is InChI=1S/C25H41BrN4O2Si/c1-9-30-22-13-14-29(15-17(2)32-33(7,8)25(4,5)6)16-21(22)27-23(30)24(31)28-20-12-10-11-19(26)18(20)3/h10-12,17,23,27H,9,13-16H2,1-8H3,(H,28,31)/i23D. The zero-order valence-electron chi connectivity index (χ0n) is 22.4. The average molecular weight is 539 g/mol. The fraction of sp³-hybridized carbons (Fsp3) is 0.640. The minimum atomic E-state index is -1.83. The Morgan fingerprint density at radius 2 is 2.12 bits per heavy atom. The third-order valence-electron chi connectivity index (χ3n) is 7.12. The Kier molecular flexibility index (Phi) is 7.58. The number of likely N-dealkylation sites (N-methyl/N-ethyl adjacent to an activating group) is 1. The molecule has 184 valence electrons. The first-order valence-corrected chi connectivity index (χ1v) is 15.6. The molecule has 0 bridgehead atoms. The van der Waals surface area contributed by atoms with Gasteiger partial charge in [0, 0.05) is 54.2 Å². The first-order chi connectivity index (χ1) is 15.7. The van der Waals surface area contributed by atoms with Crippen LogP contribution in [0.25, 0.3) is 0 Å². The van der Waals surface area contributed by atoms with Crippen molar-refractivity contribution < 1.29 is 10.6 Å². The first-order valence-electron chi connectivity index (χ1n) is 12.4. The van der Waals surface area contributed by atoms with E-state index in [-0.39, 0.29) is 17.0 Å². The number of halogens is 1. The topological polar surface area (TPSA) is 56.8 Å². The molecule has 0 spiro atoms. The van der Waals surface area contributed by atoms with E-state index >= 15 is 0 Å². The summed E-state index contributed by atoms with van der Waals surface area (Å²) < 4.78 is 16.6. The maximum Gasteiger partial charge on any atom is 0.267 e. The van der Waals surface area contributed by atoms with Gasteiger partial charge in [0.25, 0.3) is 5.91 Å². The van der Waals surface area contributed by atoms with Crippen LogP contribution in [0.3, 0.4) is 0 Å². The quantitative estimate of drug-likeness (QED) is 0.463. The Morgan fingerprint density at radius 1 is 1.42 bits per heavy atom. The molecule has 2 aliphatic rings. The van der Waals surface area contributed by atoms with E-state index in [1.54, 1.807) is 0 Å². The van der Waals surface area contributed by atoms with E-state index < -0.39 is 14.5 Å². The lowest BCUT2D eigenvalue weighted by Crippen LogP contribution is -2.47. The Hall–Kier alpha value is -1.35. The Bertz CT molecular complexity index is 965. The van der Waals surface area contributed by atoms with Gasteiger partial charge in [0.2, 0.25) is 0 Å². The third kappa shape index (κ3) is 5.84. The number of rotatable bonds is 7. The highest BCUT2D eigenvalue weighted by molar-refractivity contribution is 9.10. The van der Waals surface area contributed by atoms with Gasteiger partial charge in [-0.15, -0.1) is 0 Å². The molecule has 0 radical (unpaired) electrons. The molecule has 2 aliphatic heterocycles. The lowest BCUT2D eigenvalue weighted by atomic mass is 10.1. The molecule has 0 saturated heterocycles. The Balaban J connectivity index is 1.69. The van der Waals surface area contributed by atoms with Gasteiger partial charge in [-0.25, -0.2) is 0 Å². The van der Waals surface area contributed by atoms with Crippen LogP contribution in [0.15, 0.2) is 34.1 Å². The maximum absolute atomic E-state index is 13.3. The SMILES string of the molecule is [2H]C1(C(=O)Nc2cccc(Br)c2C)NC2=C(CCN(CC(C)O[Si](C)(C)C(C)(C)C)C2)N1CC. The molecule has 0 fully saturated rings. The zero-order chi connectivity index (χ0) is 25.5. The maximum atomic E-state index is 13.3. The predicted molar refractivity (Wildman–Crippen MR) is 143 cm³/mol. The van der Waals surface area contributed by atoms with Crippen LogP contribution in [-0.4, -0.2) is 62.4 Å². The summed E-state index contributed by atoms with van der Waals surface area (Å²) in [5, 5.41) is 6.43. The summed E-state index contributed by atoms with van der Waals surface area (Å²) in [5.41, 5.74) is 3.71. The van der Waals surface area contributed by atoms with Crippen molar-refractivity contribution in [2.45, 2.75) is 78.3 Å². The van der Waals surface area contributed by atoms with Crippen molar-refractivity contribution in [3.8, 4) is 0 Å². The number of nitrogens with zero attached hydrogens (tertiary/aromatic N) is 2. The number of anilines is 1. The van der Waals surface area contributed by atoms with E-state index in [1.807, 2.05) is 36.9 Å². The predicted octanol–water partition coefficient (Wildman–Crippen LogP) is 5.27. The van der Waals surface area contributed by atoms with Crippen LogP contribution in [0.5, 0.6) is 0 Å². The number of benzene rings is 1. The third-order valence-corrected chi connectivity index (χ3v) is 12.6. The molecule has 2 heterocycles. The van der Waals surface area contributed by atoms with Crippen molar-refractivity contribution in [1.29, 1.82) is 0 Å². The fourth-order valence-corrected chi connectivity index (χ4v) is 6.05. The van der Waals surface area contributed by atoms with Gasteiger partial charge in [0.05, 0.1) is 7.47 Å². The van der Waals surface area contributed by atoms with Crippen LogP contribution >= 0.6 is 15.9 Å². The number of carbonyl (C=O) groups excluding carboxylic acids is 1. The van der Waals surface area contributed by atoms with Gasteiger partial charge in [-0.2, -0.15) is 0 Å². The molecule has 6 nitrogen and oxygen atoms in total. The van der Waals surface area contributed by atoms with Crippen molar-refractivity contribution in [2.75, 3.05) is 31.5 Å². The minimum Gasteiger partial charge on any atom is -0.413 e. The van der Waals surface area contributed by atoms with Crippen LogP contribution in [-0.2, 0) is 9.22 Å². The van der Waals surface area contributed by atoms with Crippen molar-refractivity contribution in [3.05, 3.63) is 39.6 Å². The second-order valence-electron chi connectivity index (χ2n) is 10.7. The summed E-state index contributed by atoms with van der Waals surface area (Å²) >= 11 is 3.52. The van der Waals surface area contributed by atoms with Crippen LogP contribution in [0.1, 0.15) is 48.0 Å². The highest BCUT2D eigenvalue weighted by Crippen LogP contribution is 2.37. The number of hydrogen-bond donors (Lipinski definition) is 2. The van der Waals surface area contributed by atoms with Crippen LogP contribution in [0, 0.1) is 6.92 Å².